The van der Waals surface area contributed by atoms with Crippen LogP contribution in [0, 0.1) is 6.92 Å². The number of carbonyl (C=O) groups excluding carboxylic acids is 2. The Morgan fingerprint density at radius 3 is 2.42 bits per heavy atom. The lowest BCUT2D eigenvalue weighted by molar-refractivity contribution is -0.115. The standard InChI is InChI=1S/C21H24N2O3/c1-15-5-6-16(13-19(15)26-2)14-20(24)22-18-9-7-17(8-10-18)21(25)23-11-3-4-12-23/h5-10,13H,3-4,11-12,14H2,1-2H3,(H,22,24). The van der Waals surface area contributed by atoms with Crippen molar-refractivity contribution in [2.75, 3.05) is 25.5 Å². The van der Waals surface area contributed by atoms with E-state index in [0.717, 1.165) is 42.8 Å². The average molecular weight is 352 g/mol. The Hall–Kier alpha value is -2.82. The Bertz CT molecular complexity index is 793. The number of ether oxygens (including phenoxy) is 1. The number of amides is 2. The van der Waals surface area contributed by atoms with Crippen molar-refractivity contribution in [2.45, 2.75) is 26.2 Å². The summed E-state index contributed by atoms with van der Waals surface area (Å²) in [7, 11) is 1.62. The van der Waals surface area contributed by atoms with Crippen molar-refractivity contribution in [3.8, 4) is 5.75 Å². The molecule has 1 aliphatic rings. The van der Waals surface area contributed by atoms with Gasteiger partial charge in [-0.2, -0.15) is 0 Å². The Kier molecular flexibility index (Phi) is 5.56. The van der Waals surface area contributed by atoms with E-state index in [9.17, 15) is 9.59 Å². The molecule has 136 valence electrons. The number of nitrogens with zero attached hydrogens (tertiary/aromatic N) is 1. The largest absolute Gasteiger partial charge is 0.496 e. The second-order valence-corrected chi connectivity index (χ2v) is 6.61. The van der Waals surface area contributed by atoms with Crippen LogP contribution in [0.25, 0.3) is 0 Å². The van der Waals surface area contributed by atoms with Crippen LogP contribution in [-0.2, 0) is 11.2 Å². The van der Waals surface area contributed by atoms with E-state index in [-0.39, 0.29) is 18.2 Å². The molecule has 5 heteroatoms. The highest BCUT2D eigenvalue weighted by molar-refractivity contribution is 5.96. The topological polar surface area (TPSA) is 58.6 Å². The highest BCUT2D eigenvalue weighted by Gasteiger charge is 2.19. The number of hydrogen-bond donors (Lipinski definition) is 1. The fourth-order valence-corrected chi connectivity index (χ4v) is 3.16. The fourth-order valence-electron chi connectivity index (χ4n) is 3.16. The van der Waals surface area contributed by atoms with E-state index in [1.807, 2.05) is 30.0 Å². The second-order valence-electron chi connectivity index (χ2n) is 6.61. The zero-order chi connectivity index (χ0) is 18.5. The van der Waals surface area contributed by atoms with Gasteiger partial charge in [0.25, 0.3) is 5.91 Å². The first-order valence-electron chi connectivity index (χ1n) is 8.89. The van der Waals surface area contributed by atoms with Crippen molar-refractivity contribution in [3.63, 3.8) is 0 Å². The number of rotatable bonds is 5. The number of benzene rings is 2. The molecule has 5 nitrogen and oxygen atoms in total. The first-order valence-corrected chi connectivity index (χ1v) is 8.89. The molecule has 26 heavy (non-hydrogen) atoms. The molecule has 0 spiro atoms. The number of anilines is 1. The van der Waals surface area contributed by atoms with Crippen molar-refractivity contribution < 1.29 is 14.3 Å². The van der Waals surface area contributed by atoms with E-state index in [1.54, 1.807) is 31.4 Å². The van der Waals surface area contributed by atoms with Gasteiger partial charge < -0.3 is 15.0 Å². The predicted octanol–water partition coefficient (Wildman–Crippen LogP) is 3.42. The van der Waals surface area contributed by atoms with Crippen LogP contribution in [0.5, 0.6) is 5.75 Å². The van der Waals surface area contributed by atoms with Crippen molar-refractivity contribution in [2.24, 2.45) is 0 Å². The van der Waals surface area contributed by atoms with E-state index in [1.165, 1.54) is 0 Å². The molecule has 0 bridgehead atoms. The monoisotopic (exact) mass is 352 g/mol. The maximum absolute atomic E-state index is 12.3. The van der Waals surface area contributed by atoms with Crippen LogP contribution in [0.2, 0.25) is 0 Å². The lowest BCUT2D eigenvalue weighted by atomic mass is 10.1. The molecular formula is C21H24N2O3. The fraction of sp³-hybridized carbons (Fsp3) is 0.333. The minimum atomic E-state index is -0.102. The average Bonchev–Trinajstić information content (AvgIpc) is 3.18. The lowest BCUT2D eigenvalue weighted by Gasteiger charge is -2.15. The highest BCUT2D eigenvalue weighted by atomic mass is 16.5. The molecule has 2 aromatic rings. The number of likely N-dealkylation sites (tertiary alicyclic amines) is 1. The molecule has 0 unspecified atom stereocenters. The van der Waals surface area contributed by atoms with Crippen LogP contribution >= 0.6 is 0 Å². The van der Waals surface area contributed by atoms with Gasteiger partial charge in [0.05, 0.1) is 13.5 Å². The summed E-state index contributed by atoms with van der Waals surface area (Å²) in [5.74, 6) is 0.738. The molecule has 1 heterocycles. The van der Waals surface area contributed by atoms with Gasteiger partial charge in [0.15, 0.2) is 0 Å². The van der Waals surface area contributed by atoms with E-state index >= 15 is 0 Å². The van der Waals surface area contributed by atoms with Crippen molar-refractivity contribution in [3.05, 3.63) is 59.2 Å². The van der Waals surface area contributed by atoms with Gasteiger partial charge in [-0.15, -0.1) is 0 Å². The van der Waals surface area contributed by atoms with Gasteiger partial charge >= 0.3 is 0 Å². The van der Waals surface area contributed by atoms with Gasteiger partial charge in [0.1, 0.15) is 5.75 Å². The summed E-state index contributed by atoms with van der Waals surface area (Å²) >= 11 is 0. The van der Waals surface area contributed by atoms with Crippen molar-refractivity contribution in [1.29, 1.82) is 0 Å². The zero-order valence-corrected chi connectivity index (χ0v) is 15.2. The Morgan fingerprint density at radius 2 is 1.77 bits per heavy atom. The van der Waals surface area contributed by atoms with Gasteiger partial charge in [0, 0.05) is 24.3 Å². The molecule has 3 rings (SSSR count). The third kappa shape index (κ3) is 4.23. The number of nitrogens with one attached hydrogen (secondary N) is 1. The molecule has 1 fully saturated rings. The molecule has 1 N–H and O–H groups in total. The van der Waals surface area contributed by atoms with E-state index in [2.05, 4.69) is 5.32 Å². The minimum absolute atomic E-state index is 0.0622. The molecule has 0 radical (unpaired) electrons. The quantitative estimate of drug-likeness (QED) is 0.897. The molecule has 1 saturated heterocycles. The van der Waals surface area contributed by atoms with E-state index < -0.39 is 0 Å². The van der Waals surface area contributed by atoms with Crippen LogP contribution in [0.15, 0.2) is 42.5 Å². The molecule has 0 aliphatic carbocycles. The van der Waals surface area contributed by atoms with Gasteiger partial charge in [-0.25, -0.2) is 0 Å². The molecule has 0 aromatic heterocycles. The summed E-state index contributed by atoms with van der Waals surface area (Å²) < 4.78 is 5.30. The SMILES string of the molecule is COc1cc(CC(=O)Nc2ccc(C(=O)N3CCCC3)cc2)ccc1C. The summed E-state index contributed by atoms with van der Waals surface area (Å²) in [5, 5.41) is 2.87. The maximum Gasteiger partial charge on any atom is 0.253 e. The summed E-state index contributed by atoms with van der Waals surface area (Å²) in [4.78, 5) is 26.5. The minimum Gasteiger partial charge on any atom is -0.496 e. The first kappa shape index (κ1) is 18.0. The van der Waals surface area contributed by atoms with Gasteiger partial charge in [-0.3, -0.25) is 9.59 Å². The van der Waals surface area contributed by atoms with E-state index in [0.29, 0.717) is 11.3 Å². The molecule has 0 saturated carbocycles. The zero-order valence-electron chi connectivity index (χ0n) is 15.2. The molecule has 2 amide bonds. The number of aryl methyl sites for hydroxylation is 1. The molecule has 2 aromatic carbocycles. The van der Waals surface area contributed by atoms with Crippen molar-refractivity contribution >= 4 is 17.5 Å². The van der Waals surface area contributed by atoms with Crippen LogP contribution in [0.4, 0.5) is 5.69 Å². The van der Waals surface area contributed by atoms with Crippen LogP contribution in [-0.4, -0.2) is 36.9 Å². The Labute approximate surface area is 154 Å². The van der Waals surface area contributed by atoms with Crippen LogP contribution in [0.1, 0.15) is 34.3 Å². The van der Waals surface area contributed by atoms with Gasteiger partial charge in [-0.05, 0) is 61.2 Å². The van der Waals surface area contributed by atoms with Crippen LogP contribution in [0.3, 0.4) is 0 Å². The van der Waals surface area contributed by atoms with Crippen molar-refractivity contribution in [1.82, 2.24) is 4.90 Å². The van der Waals surface area contributed by atoms with Crippen LogP contribution < -0.4 is 10.1 Å². The molecular weight excluding hydrogens is 328 g/mol. The maximum atomic E-state index is 12.3. The smallest absolute Gasteiger partial charge is 0.253 e. The second kappa shape index (κ2) is 8.04. The summed E-state index contributed by atoms with van der Waals surface area (Å²) in [6.07, 6.45) is 2.42. The van der Waals surface area contributed by atoms with Gasteiger partial charge in [0.2, 0.25) is 5.91 Å². The highest BCUT2D eigenvalue weighted by Crippen LogP contribution is 2.20. The summed E-state index contributed by atoms with van der Waals surface area (Å²) in [6.45, 7) is 3.63. The molecule has 0 atom stereocenters. The third-order valence-electron chi connectivity index (χ3n) is 4.65. The first-order chi connectivity index (χ1) is 12.6. The summed E-state index contributed by atoms with van der Waals surface area (Å²) in [5.41, 5.74) is 3.28. The lowest BCUT2D eigenvalue weighted by Crippen LogP contribution is -2.27. The normalized spacial score (nSPS) is 13.5. The van der Waals surface area contributed by atoms with Gasteiger partial charge in [-0.1, -0.05) is 12.1 Å². The Morgan fingerprint density at radius 1 is 1.08 bits per heavy atom. The number of methoxy groups -OCH3 is 1. The predicted molar refractivity (Wildman–Crippen MR) is 102 cm³/mol. The summed E-state index contributed by atoms with van der Waals surface area (Å²) in [6, 6.07) is 12.8. The number of carbonyl (C=O) groups is 2. The third-order valence-corrected chi connectivity index (χ3v) is 4.65. The van der Waals surface area contributed by atoms with E-state index in [4.69, 9.17) is 4.74 Å². The molecule has 1 aliphatic heterocycles. The number of hydrogen-bond acceptors (Lipinski definition) is 3. The Balaban J connectivity index is 1.60.